The number of fused-ring (bicyclic) bond motifs is 4. The molecule has 198 valence electrons. The van der Waals surface area contributed by atoms with Gasteiger partial charge in [0.25, 0.3) is 6.43 Å². The van der Waals surface area contributed by atoms with E-state index in [0.29, 0.717) is 71.6 Å². The highest BCUT2D eigenvalue weighted by molar-refractivity contribution is 7.89. The van der Waals surface area contributed by atoms with Crippen molar-refractivity contribution in [3.05, 3.63) is 41.7 Å². The summed E-state index contributed by atoms with van der Waals surface area (Å²) in [6.07, 6.45) is 0.889. The second-order valence-corrected chi connectivity index (χ2v) is 11.9. The summed E-state index contributed by atoms with van der Waals surface area (Å²) >= 11 is 0.686. The first-order valence-electron chi connectivity index (χ1n) is 11.8. The molecule has 0 bridgehead atoms. The van der Waals surface area contributed by atoms with Crippen LogP contribution in [-0.2, 0) is 23.1 Å². The van der Waals surface area contributed by atoms with Gasteiger partial charge < -0.3 is 4.90 Å². The van der Waals surface area contributed by atoms with Crippen molar-refractivity contribution in [2.24, 2.45) is 0 Å². The van der Waals surface area contributed by atoms with Crippen molar-refractivity contribution in [1.82, 2.24) is 44.2 Å². The standard InChI is InChI=1S/C22H17F2N11O2S2/c23-17(24)20-30-31-21(38-20)35-14-7-12(39(36,37)32-22(9-25)3-4-22)1-2-13(14)16-18(27-10-28-19(16)35)33-5-6-34-15(8-33)26-11-29-34/h1-2,7,10-11,17,32H,3-6,8H2. The highest BCUT2D eigenvalue weighted by Gasteiger charge is 2.47. The molecular weight excluding hydrogens is 552 g/mol. The lowest BCUT2D eigenvalue weighted by molar-refractivity contribution is 0.150. The molecule has 39 heavy (non-hydrogen) atoms. The number of hydrogen-bond acceptors (Lipinski definition) is 11. The minimum absolute atomic E-state index is 0.0836. The number of nitrogens with one attached hydrogen (secondary N) is 1. The normalized spacial score (nSPS) is 16.6. The zero-order chi connectivity index (χ0) is 26.9. The van der Waals surface area contributed by atoms with Crippen LogP contribution in [0.3, 0.4) is 0 Å². The first kappa shape index (κ1) is 23.9. The summed E-state index contributed by atoms with van der Waals surface area (Å²) in [5, 5.41) is 22.0. The third kappa shape index (κ3) is 3.82. The lowest BCUT2D eigenvalue weighted by atomic mass is 10.2. The Labute approximate surface area is 222 Å². The van der Waals surface area contributed by atoms with Crippen LogP contribution in [0.5, 0.6) is 0 Å². The van der Waals surface area contributed by atoms with Gasteiger partial charge in [0.05, 0.1) is 35.0 Å². The summed E-state index contributed by atoms with van der Waals surface area (Å²) in [4.78, 5) is 15.2. The van der Waals surface area contributed by atoms with Gasteiger partial charge in [0.15, 0.2) is 10.7 Å². The quantitative estimate of drug-likeness (QED) is 0.321. The summed E-state index contributed by atoms with van der Waals surface area (Å²) in [5.74, 6) is 1.33. The largest absolute Gasteiger partial charge is 0.347 e. The van der Waals surface area contributed by atoms with E-state index >= 15 is 0 Å². The third-order valence-corrected chi connectivity index (χ3v) is 9.27. The van der Waals surface area contributed by atoms with Crippen molar-refractivity contribution in [2.45, 2.75) is 42.8 Å². The zero-order valence-electron chi connectivity index (χ0n) is 19.9. The average molecular weight is 570 g/mol. The van der Waals surface area contributed by atoms with Gasteiger partial charge in [-0.1, -0.05) is 17.4 Å². The summed E-state index contributed by atoms with van der Waals surface area (Å²) in [6, 6.07) is 6.51. The molecule has 1 aromatic carbocycles. The van der Waals surface area contributed by atoms with E-state index < -0.39 is 27.0 Å². The topological polar surface area (TPSA) is 160 Å². The number of sulfonamides is 1. The van der Waals surface area contributed by atoms with Gasteiger partial charge in [0.2, 0.25) is 15.2 Å². The molecule has 4 aromatic heterocycles. The molecule has 1 aliphatic carbocycles. The third-order valence-electron chi connectivity index (χ3n) is 6.82. The maximum Gasteiger partial charge on any atom is 0.291 e. The van der Waals surface area contributed by atoms with Gasteiger partial charge in [0.1, 0.15) is 29.8 Å². The molecule has 0 saturated heterocycles. The summed E-state index contributed by atoms with van der Waals surface area (Å²) < 4.78 is 59.0. The number of benzene rings is 1. The lowest BCUT2D eigenvalue weighted by Gasteiger charge is -2.28. The number of anilines is 1. The van der Waals surface area contributed by atoms with Crippen LogP contribution < -0.4 is 9.62 Å². The van der Waals surface area contributed by atoms with Gasteiger partial charge in [-0.05, 0) is 25.0 Å². The summed E-state index contributed by atoms with van der Waals surface area (Å²) in [7, 11) is -4.06. The fourth-order valence-electron chi connectivity index (χ4n) is 4.73. The van der Waals surface area contributed by atoms with E-state index in [0.717, 1.165) is 5.82 Å². The van der Waals surface area contributed by atoms with E-state index in [9.17, 15) is 22.5 Å². The number of rotatable bonds is 6. The number of halogens is 2. The van der Waals surface area contributed by atoms with Gasteiger partial charge in [-0.3, -0.25) is 4.57 Å². The van der Waals surface area contributed by atoms with Gasteiger partial charge in [-0.2, -0.15) is 15.1 Å². The number of nitriles is 1. The molecule has 17 heteroatoms. The van der Waals surface area contributed by atoms with Crippen LogP contribution in [0.25, 0.3) is 27.1 Å². The molecule has 1 aliphatic heterocycles. The van der Waals surface area contributed by atoms with Crippen LogP contribution in [0.2, 0.25) is 0 Å². The second-order valence-electron chi connectivity index (χ2n) is 9.25. The lowest BCUT2D eigenvalue weighted by Crippen LogP contribution is -2.35. The van der Waals surface area contributed by atoms with Gasteiger partial charge in [0, 0.05) is 11.9 Å². The predicted molar refractivity (Wildman–Crippen MR) is 134 cm³/mol. The van der Waals surface area contributed by atoms with Crippen molar-refractivity contribution in [1.29, 1.82) is 5.26 Å². The van der Waals surface area contributed by atoms with E-state index in [-0.39, 0.29) is 10.0 Å². The van der Waals surface area contributed by atoms with Gasteiger partial charge in [-0.25, -0.2) is 36.8 Å². The molecule has 0 amide bonds. The Bertz CT molecular complexity index is 1920. The van der Waals surface area contributed by atoms with Crippen LogP contribution in [0.15, 0.2) is 35.7 Å². The highest BCUT2D eigenvalue weighted by Crippen LogP contribution is 2.40. The van der Waals surface area contributed by atoms with Crippen molar-refractivity contribution in [3.63, 3.8) is 0 Å². The molecule has 5 heterocycles. The zero-order valence-corrected chi connectivity index (χ0v) is 21.5. The van der Waals surface area contributed by atoms with Crippen LogP contribution in [0, 0.1) is 11.3 Å². The molecule has 2 aliphatic rings. The maximum atomic E-state index is 13.4. The minimum Gasteiger partial charge on any atom is -0.347 e. The monoisotopic (exact) mass is 569 g/mol. The number of hydrogen-bond donors (Lipinski definition) is 1. The van der Waals surface area contributed by atoms with Gasteiger partial charge in [-0.15, -0.1) is 10.2 Å². The Morgan fingerprint density at radius 3 is 2.72 bits per heavy atom. The Hall–Kier alpha value is -4.14. The van der Waals surface area contributed by atoms with Crippen LogP contribution in [0.4, 0.5) is 14.6 Å². The first-order chi connectivity index (χ1) is 18.8. The Morgan fingerprint density at radius 1 is 1.13 bits per heavy atom. The van der Waals surface area contributed by atoms with E-state index in [2.05, 4.69) is 35.0 Å². The molecule has 7 rings (SSSR count). The molecule has 0 atom stereocenters. The molecule has 1 fully saturated rings. The van der Waals surface area contributed by atoms with E-state index in [1.54, 1.807) is 6.07 Å². The molecular formula is C22H17F2N11O2S2. The number of aromatic nitrogens is 8. The summed E-state index contributed by atoms with van der Waals surface area (Å²) in [6.45, 7) is 1.60. The number of alkyl halides is 2. The van der Waals surface area contributed by atoms with Gasteiger partial charge >= 0.3 is 0 Å². The molecule has 0 unspecified atom stereocenters. The van der Waals surface area contributed by atoms with Crippen molar-refractivity contribution >= 4 is 49.1 Å². The number of nitrogens with zero attached hydrogens (tertiary/aromatic N) is 10. The maximum absolute atomic E-state index is 13.4. The summed E-state index contributed by atoms with van der Waals surface area (Å²) in [5.41, 5.74) is -0.384. The van der Waals surface area contributed by atoms with E-state index in [1.165, 1.54) is 29.4 Å². The average Bonchev–Trinajstić information content (AvgIpc) is 3.28. The fraction of sp³-hybridized carbons (Fsp3) is 0.318. The molecule has 0 radical (unpaired) electrons. The molecule has 0 spiro atoms. The van der Waals surface area contributed by atoms with Crippen molar-refractivity contribution in [3.8, 4) is 11.2 Å². The second kappa shape index (κ2) is 8.43. The Kier molecular flexibility index (Phi) is 5.17. The Morgan fingerprint density at radius 2 is 1.97 bits per heavy atom. The fourth-order valence-corrected chi connectivity index (χ4v) is 6.84. The van der Waals surface area contributed by atoms with E-state index in [1.807, 2.05) is 15.7 Å². The smallest absolute Gasteiger partial charge is 0.291 e. The van der Waals surface area contributed by atoms with Crippen molar-refractivity contribution < 1.29 is 17.2 Å². The SMILES string of the molecule is N#CC1(NS(=O)(=O)c2ccc3c4c(N5CCn6ncnc6C5)ncnc4n(-c4nnc(C(F)F)s4)c3c2)CC1. The van der Waals surface area contributed by atoms with Crippen LogP contribution in [-0.4, -0.2) is 60.0 Å². The first-order valence-corrected chi connectivity index (χ1v) is 14.1. The molecule has 1 N–H and O–H groups in total. The van der Waals surface area contributed by atoms with E-state index in [4.69, 9.17) is 0 Å². The van der Waals surface area contributed by atoms with Crippen molar-refractivity contribution in [2.75, 3.05) is 11.4 Å². The molecule has 13 nitrogen and oxygen atoms in total. The minimum atomic E-state index is -4.06. The molecule has 1 saturated carbocycles. The van der Waals surface area contributed by atoms with Crippen LogP contribution in [0.1, 0.15) is 30.1 Å². The predicted octanol–water partition coefficient (Wildman–Crippen LogP) is 2.31. The highest BCUT2D eigenvalue weighted by atomic mass is 32.2. The molecule has 5 aromatic rings. The van der Waals surface area contributed by atoms with Crippen LogP contribution >= 0.6 is 11.3 Å². The Balaban J connectivity index is 1.44.